The number of hydrogen-bond acceptors (Lipinski definition) is 3. The summed E-state index contributed by atoms with van der Waals surface area (Å²) in [4.78, 5) is 12.2. The summed E-state index contributed by atoms with van der Waals surface area (Å²) in [6, 6.07) is 14.9. The van der Waals surface area contributed by atoms with E-state index in [1.165, 1.54) is 5.56 Å². The van der Waals surface area contributed by atoms with Crippen molar-refractivity contribution in [1.29, 1.82) is 0 Å². The number of pyridine rings is 1. The van der Waals surface area contributed by atoms with Crippen LogP contribution in [0.25, 0.3) is 21.9 Å². The van der Waals surface area contributed by atoms with Gasteiger partial charge in [-0.3, -0.25) is 0 Å². The highest BCUT2D eigenvalue weighted by Gasteiger charge is 2.10. The topological polar surface area (TPSA) is 53.6 Å². The van der Waals surface area contributed by atoms with Gasteiger partial charge >= 0.3 is 0 Å². The number of H-pyrrole nitrogens is 1. The zero-order valence-corrected chi connectivity index (χ0v) is 14.8. The number of aromatic amines is 1. The Hall–Kier alpha value is -2.88. The van der Waals surface area contributed by atoms with Gasteiger partial charge in [-0.2, -0.15) is 0 Å². The summed E-state index contributed by atoms with van der Waals surface area (Å²) in [7, 11) is 0. The van der Waals surface area contributed by atoms with Gasteiger partial charge in [-0.25, -0.2) is 9.97 Å². The molecule has 4 aromatic rings. The van der Waals surface area contributed by atoms with Crippen LogP contribution in [-0.4, -0.2) is 15.0 Å². The van der Waals surface area contributed by atoms with Crippen molar-refractivity contribution in [3.05, 3.63) is 60.0 Å². The minimum Gasteiger partial charge on any atom is -0.358 e. The molecule has 0 saturated heterocycles. The van der Waals surface area contributed by atoms with E-state index in [0.29, 0.717) is 5.92 Å². The Morgan fingerprint density at radius 3 is 2.64 bits per heavy atom. The van der Waals surface area contributed by atoms with Crippen LogP contribution in [0.15, 0.2) is 48.8 Å². The maximum absolute atomic E-state index is 4.46. The van der Waals surface area contributed by atoms with Crippen LogP contribution in [0.5, 0.6) is 0 Å². The number of imidazole rings is 1. The average Bonchev–Trinajstić information content (AvgIpc) is 3.10. The summed E-state index contributed by atoms with van der Waals surface area (Å²) in [5, 5.41) is 4.64. The van der Waals surface area contributed by atoms with Crippen molar-refractivity contribution in [1.82, 2.24) is 15.0 Å². The van der Waals surface area contributed by atoms with Crippen LogP contribution in [0.1, 0.15) is 37.4 Å². The Morgan fingerprint density at radius 1 is 1.08 bits per heavy atom. The lowest BCUT2D eigenvalue weighted by Gasteiger charge is -2.14. The molecule has 0 fully saturated rings. The molecule has 4 nitrogen and oxygen atoms in total. The van der Waals surface area contributed by atoms with E-state index in [1.807, 2.05) is 6.07 Å². The molecule has 0 aliphatic carbocycles. The first-order chi connectivity index (χ1) is 12.2. The van der Waals surface area contributed by atoms with E-state index in [4.69, 9.17) is 0 Å². The van der Waals surface area contributed by atoms with Crippen LogP contribution in [0, 0.1) is 6.92 Å². The van der Waals surface area contributed by atoms with Gasteiger partial charge in [-0.05, 0) is 55.2 Å². The molecule has 0 saturated carbocycles. The lowest BCUT2D eigenvalue weighted by Crippen LogP contribution is -1.97. The van der Waals surface area contributed by atoms with E-state index >= 15 is 0 Å². The highest BCUT2D eigenvalue weighted by Crippen LogP contribution is 2.32. The minimum atomic E-state index is 0.586. The Morgan fingerprint density at radius 2 is 1.88 bits per heavy atom. The lowest BCUT2D eigenvalue weighted by molar-refractivity contribution is 0.734. The Balaban J connectivity index is 1.79. The smallest absolute Gasteiger partial charge is 0.116 e. The van der Waals surface area contributed by atoms with E-state index in [0.717, 1.165) is 45.4 Å². The number of fused-ring (bicyclic) bond motifs is 3. The third-order valence-electron chi connectivity index (χ3n) is 4.87. The van der Waals surface area contributed by atoms with Crippen molar-refractivity contribution in [3.8, 4) is 0 Å². The lowest BCUT2D eigenvalue weighted by atomic mass is 9.98. The standard InChI is InChI=1S/C21H22N4/c1-4-13(2)15-5-7-16(8-6-15)25-19-11-14(3)24-17-9-10-18-21(20(17)19)23-12-22-18/h5-13,24-25H,4H2,1-3H3. The van der Waals surface area contributed by atoms with Gasteiger partial charge in [0.15, 0.2) is 0 Å². The molecule has 126 valence electrons. The molecule has 2 aromatic carbocycles. The number of hydrogen-bond donors (Lipinski definition) is 2. The zero-order valence-electron chi connectivity index (χ0n) is 14.8. The fraction of sp³-hybridized carbons (Fsp3) is 0.238. The normalized spacial score (nSPS) is 12.6. The van der Waals surface area contributed by atoms with Crippen LogP contribution >= 0.6 is 0 Å². The molecule has 2 N–H and O–H groups in total. The molecule has 0 aliphatic heterocycles. The fourth-order valence-corrected chi connectivity index (χ4v) is 3.26. The number of nitrogens with one attached hydrogen (secondary N) is 2. The molecule has 25 heavy (non-hydrogen) atoms. The first kappa shape index (κ1) is 15.6. The van der Waals surface area contributed by atoms with Gasteiger partial charge in [0.25, 0.3) is 0 Å². The number of nitrogens with zero attached hydrogens (tertiary/aromatic N) is 2. The summed E-state index contributed by atoms with van der Waals surface area (Å²) in [5.41, 5.74) is 7.51. The second-order valence-corrected chi connectivity index (χ2v) is 6.65. The second kappa shape index (κ2) is 6.20. The van der Waals surface area contributed by atoms with Crippen molar-refractivity contribution in [2.75, 3.05) is 5.32 Å². The van der Waals surface area contributed by atoms with Gasteiger partial charge < -0.3 is 10.3 Å². The number of aromatic nitrogens is 3. The summed E-state index contributed by atoms with van der Waals surface area (Å²) >= 11 is 0. The van der Waals surface area contributed by atoms with Gasteiger partial charge in [-0.1, -0.05) is 26.0 Å². The van der Waals surface area contributed by atoms with Gasteiger partial charge in [-0.15, -0.1) is 0 Å². The number of benzene rings is 2. The molecule has 2 aromatic heterocycles. The fourth-order valence-electron chi connectivity index (χ4n) is 3.26. The van der Waals surface area contributed by atoms with E-state index in [1.54, 1.807) is 6.33 Å². The monoisotopic (exact) mass is 330 g/mol. The summed E-state index contributed by atoms with van der Waals surface area (Å²) < 4.78 is 0. The van der Waals surface area contributed by atoms with Crippen LogP contribution in [-0.2, 0) is 0 Å². The maximum Gasteiger partial charge on any atom is 0.116 e. The molecule has 1 unspecified atom stereocenters. The van der Waals surface area contributed by atoms with Crippen LogP contribution in [0.2, 0.25) is 0 Å². The average molecular weight is 330 g/mol. The molecule has 4 rings (SSSR count). The molecular weight excluding hydrogens is 308 g/mol. The Labute approximate surface area is 147 Å². The van der Waals surface area contributed by atoms with E-state index in [9.17, 15) is 0 Å². The second-order valence-electron chi connectivity index (χ2n) is 6.65. The SMILES string of the molecule is CCC(C)c1ccc(Nc2cc(C)[nH]c3ccc4ncnc4c23)cc1. The third-order valence-corrected chi connectivity index (χ3v) is 4.87. The van der Waals surface area contributed by atoms with E-state index in [2.05, 4.69) is 77.4 Å². The molecule has 1 atom stereocenters. The van der Waals surface area contributed by atoms with Gasteiger partial charge in [0.2, 0.25) is 0 Å². The molecular formula is C21H22N4. The molecule has 2 heterocycles. The number of aryl methyl sites for hydroxylation is 1. The highest BCUT2D eigenvalue weighted by molar-refractivity contribution is 6.10. The highest BCUT2D eigenvalue weighted by atomic mass is 14.9. The van der Waals surface area contributed by atoms with Crippen LogP contribution in [0.3, 0.4) is 0 Å². The summed E-state index contributed by atoms with van der Waals surface area (Å²) in [6.07, 6.45) is 2.77. The summed E-state index contributed by atoms with van der Waals surface area (Å²) in [6.45, 7) is 6.55. The zero-order chi connectivity index (χ0) is 17.4. The Bertz CT molecular complexity index is 1030. The maximum atomic E-state index is 4.46. The molecule has 0 bridgehead atoms. The van der Waals surface area contributed by atoms with Crippen molar-refractivity contribution in [2.45, 2.75) is 33.1 Å². The van der Waals surface area contributed by atoms with Gasteiger partial charge in [0.1, 0.15) is 11.8 Å². The van der Waals surface area contributed by atoms with Crippen LogP contribution in [0.4, 0.5) is 11.4 Å². The van der Waals surface area contributed by atoms with Crippen molar-refractivity contribution in [3.63, 3.8) is 0 Å². The van der Waals surface area contributed by atoms with Crippen molar-refractivity contribution in [2.24, 2.45) is 0 Å². The van der Waals surface area contributed by atoms with Crippen molar-refractivity contribution < 1.29 is 0 Å². The van der Waals surface area contributed by atoms with Crippen molar-refractivity contribution >= 4 is 33.3 Å². The largest absolute Gasteiger partial charge is 0.358 e. The van der Waals surface area contributed by atoms with Crippen LogP contribution < -0.4 is 5.32 Å². The predicted molar refractivity (Wildman–Crippen MR) is 105 cm³/mol. The molecule has 0 spiro atoms. The Kier molecular flexibility index (Phi) is 3.88. The first-order valence-electron chi connectivity index (χ1n) is 8.75. The third kappa shape index (κ3) is 2.84. The predicted octanol–water partition coefficient (Wildman–Crippen LogP) is 5.68. The molecule has 0 radical (unpaired) electrons. The summed E-state index contributed by atoms with van der Waals surface area (Å²) in [5.74, 6) is 0.586. The van der Waals surface area contributed by atoms with E-state index < -0.39 is 0 Å². The molecule has 0 amide bonds. The molecule has 0 aliphatic rings. The first-order valence-corrected chi connectivity index (χ1v) is 8.75. The van der Waals surface area contributed by atoms with E-state index in [-0.39, 0.29) is 0 Å². The van der Waals surface area contributed by atoms with Gasteiger partial charge in [0.05, 0.1) is 11.2 Å². The van der Waals surface area contributed by atoms with Gasteiger partial charge in [0, 0.05) is 22.3 Å². The molecule has 4 heteroatoms. The minimum absolute atomic E-state index is 0.586. The quantitative estimate of drug-likeness (QED) is 0.506. The number of rotatable bonds is 4. The number of anilines is 2.